The van der Waals surface area contributed by atoms with Gasteiger partial charge >= 0.3 is 0 Å². The van der Waals surface area contributed by atoms with Gasteiger partial charge in [-0.1, -0.05) is 19.1 Å². The molecule has 0 saturated carbocycles. The standard InChI is InChI=1S/C17H17N3O3S/c1-2-24(22,23)14-6-3-12(4-7-14)10-18-17(21)13-5-8-15-16(9-13)20-11-19-15/h3-9,11H,2,10H2,1H3,(H,18,21)(H,19,20). The molecule has 3 aromatic rings. The first kappa shape index (κ1) is 16.2. The third-order valence-electron chi connectivity index (χ3n) is 3.80. The lowest BCUT2D eigenvalue weighted by Gasteiger charge is -2.07. The van der Waals surface area contributed by atoms with Crippen molar-refractivity contribution in [2.45, 2.75) is 18.4 Å². The Labute approximate surface area is 139 Å². The highest BCUT2D eigenvalue weighted by Gasteiger charge is 2.11. The van der Waals surface area contributed by atoms with Crippen LogP contribution in [0.3, 0.4) is 0 Å². The van der Waals surface area contributed by atoms with Crippen LogP contribution in [0.1, 0.15) is 22.8 Å². The number of aromatic nitrogens is 2. The Bertz CT molecular complexity index is 976. The summed E-state index contributed by atoms with van der Waals surface area (Å²) in [6.07, 6.45) is 1.58. The van der Waals surface area contributed by atoms with E-state index < -0.39 is 9.84 Å². The molecule has 7 heteroatoms. The number of nitrogens with one attached hydrogen (secondary N) is 2. The Kier molecular flexibility index (Phi) is 4.35. The minimum atomic E-state index is -3.20. The summed E-state index contributed by atoms with van der Waals surface area (Å²) >= 11 is 0. The quantitative estimate of drug-likeness (QED) is 0.743. The van der Waals surface area contributed by atoms with Crippen LogP contribution < -0.4 is 5.32 Å². The fraction of sp³-hybridized carbons (Fsp3) is 0.176. The van der Waals surface area contributed by atoms with Crippen molar-refractivity contribution in [3.05, 3.63) is 59.9 Å². The molecule has 0 radical (unpaired) electrons. The normalized spacial score (nSPS) is 11.5. The van der Waals surface area contributed by atoms with Crippen LogP contribution in [0.15, 0.2) is 53.7 Å². The van der Waals surface area contributed by atoms with Crippen LogP contribution in [0, 0.1) is 0 Å². The molecule has 0 aliphatic carbocycles. The van der Waals surface area contributed by atoms with Crippen molar-refractivity contribution in [2.75, 3.05) is 5.75 Å². The number of carbonyl (C=O) groups excluding carboxylic acids is 1. The topological polar surface area (TPSA) is 91.9 Å². The average molecular weight is 343 g/mol. The van der Waals surface area contributed by atoms with Crippen LogP contribution in [0.2, 0.25) is 0 Å². The van der Waals surface area contributed by atoms with E-state index in [9.17, 15) is 13.2 Å². The minimum Gasteiger partial charge on any atom is -0.348 e. The van der Waals surface area contributed by atoms with Crippen molar-refractivity contribution >= 4 is 26.8 Å². The molecule has 2 N–H and O–H groups in total. The molecule has 1 amide bonds. The molecular formula is C17H17N3O3S. The first-order chi connectivity index (χ1) is 11.5. The second-order valence-corrected chi connectivity index (χ2v) is 7.64. The predicted molar refractivity (Wildman–Crippen MR) is 91.4 cm³/mol. The lowest BCUT2D eigenvalue weighted by Crippen LogP contribution is -2.22. The van der Waals surface area contributed by atoms with Crippen molar-refractivity contribution in [3.8, 4) is 0 Å². The molecule has 0 aliphatic rings. The summed E-state index contributed by atoms with van der Waals surface area (Å²) < 4.78 is 23.5. The number of hydrogen-bond donors (Lipinski definition) is 2. The van der Waals surface area contributed by atoms with Crippen LogP contribution in [0.25, 0.3) is 11.0 Å². The zero-order valence-corrected chi connectivity index (χ0v) is 13.9. The number of carbonyl (C=O) groups is 1. The van der Waals surface area contributed by atoms with Gasteiger partial charge in [-0.05, 0) is 35.9 Å². The van der Waals surface area contributed by atoms with Gasteiger partial charge in [-0.25, -0.2) is 13.4 Å². The minimum absolute atomic E-state index is 0.0682. The van der Waals surface area contributed by atoms with Gasteiger partial charge in [0.15, 0.2) is 9.84 Å². The van der Waals surface area contributed by atoms with E-state index in [0.717, 1.165) is 16.6 Å². The van der Waals surface area contributed by atoms with Crippen molar-refractivity contribution < 1.29 is 13.2 Å². The fourth-order valence-electron chi connectivity index (χ4n) is 2.34. The van der Waals surface area contributed by atoms with Crippen molar-refractivity contribution in [1.82, 2.24) is 15.3 Å². The molecule has 24 heavy (non-hydrogen) atoms. The largest absolute Gasteiger partial charge is 0.348 e. The van der Waals surface area contributed by atoms with Gasteiger partial charge in [-0.3, -0.25) is 4.79 Å². The fourth-order valence-corrected chi connectivity index (χ4v) is 3.22. The number of imidazole rings is 1. The second kappa shape index (κ2) is 6.45. The molecule has 0 bridgehead atoms. The smallest absolute Gasteiger partial charge is 0.251 e. The SMILES string of the molecule is CCS(=O)(=O)c1ccc(CNC(=O)c2ccc3[nH]cnc3c2)cc1. The molecule has 0 saturated heterocycles. The zero-order chi connectivity index (χ0) is 17.2. The maximum Gasteiger partial charge on any atom is 0.251 e. The molecule has 1 aromatic heterocycles. The van der Waals surface area contributed by atoms with Crippen LogP contribution in [-0.4, -0.2) is 30.0 Å². The number of sulfone groups is 1. The van der Waals surface area contributed by atoms with Gasteiger partial charge in [0, 0.05) is 12.1 Å². The number of hydrogen-bond acceptors (Lipinski definition) is 4. The Balaban J connectivity index is 1.67. The average Bonchev–Trinajstić information content (AvgIpc) is 3.07. The molecule has 3 rings (SSSR count). The van der Waals surface area contributed by atoms with E-state index in [0.29, 0.717) is 17.0 Å². The number of benzene rings is 2. The van der Waals surface area contributed by atoms with Crippen molar-refractivity contribution in [1.29, 1.82) is 0 Å². The lowest BCUT2D eigenvalue weighted by atomic mass is 10.1. The summed E-state index contributed by atoms with van der Waals surface area (Å²) in [4.78, 5) is 19.6. The van der Waals surface area contributed by atoms with E-state index in [1.165, 1.54) is 0 Å². The van der Waals surface area contributed by atoms with Crippen molar-refractivity contribution in [2.24, 2.45) is 0 Å². The molecule has 6 nitrogen and oxygen atoms in total. The number of amides is 1. The third-order valence-corrected chi connectivity index (χ3v) is 5.55. The van der Waals surface area contributed by atoms with Gasteiger partial charge in [-0.15, -0.1) is 0 Å². The summed E-state index contributed by atoms with van der Waals surface area (Å²) in [7, 11) is -3.20. The summed E-state index contributed by atoms with van der Waals surface area (Å²) in [6, 6.07) is 11.8. The van der Waals surface area contributed by atoms with Gasteiger partial charge < -0.3 is 10.3 Å². The molecule has 124 valence electrons. The monoisotopic (exact) mass is 343 g/mol. The highest BCUT2D eigenvalue weighted by molar-refractivity contribution is 7.91. The Morgan fingerprint density at radius 2 is 1.92 bits per heavy atom. The number of rotatable bonds is 5. The number of aromatic amines is 1. The highest BCUT2D eigenvalue weighted by atomic mass is 32.2. The van der Waals surface area contributed by atoms with Crippen LogP contribution in [0.4, 0.5) is 0 Å². The first-order valence-corrected chi connectivity index (χ1v) is 9.18. The first-order valence-electron chi connectivity index (χ1n) is 7.52. The number of H-pyrrole nitrogens is 1. The number of fused-ring (bicyclic) bond motifs is 1. The summed E-state index contributed by atoms with van der Waals surface area (Å²) in [5.41, 5.74) is 2.97. The molecule has 0 fully saturated rings. The second-order valence-electron chi connectivity index (χ2n) is 5.36. The maximum atomic E-state index is 12.2. The molecule has 1 heterocycles. The Morgan fingerprint density at radius 3 is 2.62 bits per heavy atom. The zero-order valence-electron chi connectivity index (χ0n) is 13.1. The Hall–Kier alpha value is -2.67. The van der Waals surface area contributed by atoms with Crippen LogP contribution >= 0.6 is 0 Å². The molecule has 0 atom stereocenters. The summed E-state index contributed by atoms with van der Waals surface area (Å²) in [5.74, 6) is -0.135. The number of nitrogens with zero attached hydrogens (tertiary/aromatic N) is 1. The molecule has 2 aromatic carbocycles. The molecule has 0 aliphatic heterocycles. The van der Waals surface area contributed by atoms with E-state index in [-0.39, 0.29) is 11.7 Å². The molecule has 0 spiro atoms. The van der Waals surface area contributed by atoms with Crippen molar-refractivity contribution in [3.63, 3.8) is 0 Å². The van der Waals surface area contributed by atoms with Gasteiger partial charge in [0.05, 0.1) is 28.0 Å². The highest BCUT2D eigenvalue weighted by Crippen LogP contribution is 2.13. The lowest BCUT2D eigenvalue weighted by molar-refractivity contribution is 0.0951. The van der Waals surface area contributed by atoms with Gasteiger partial charge in [0.2, 0.25) is 0 Å². The summed E-state index contributed by atoms with van der Waals surface area (Å²) in [6.45, 7) is 1.93. The van der Waals surface area contributed by atoms with E-state index in [4.69, 9.17) is 0 Å². The van der Waals surface area contributed by atoms with Gasteiger partial charge in [0.25, 0.3) is 5.91 Å². The van der Waals surface area contributed by atoms with E-state index >= 15 is 0 Å². The van der Waals surface area contributed by atoms with Crippen LogP contribution in [0.5, 0.6) is 0 Å². The van der Waals surface area contributed by atoms with E-state index in [1.54, 1.807) is 49.6 Å². The van der Waals surface area contributed by atoms with Gasteiger partial charge in [0.1, 0.15) is 0 Å². The van der Waals surface area contributed by atoms with Gasteiger partial charge in [-0.2, -0.15) is 0 Å². The van der Waals surface area contributed by atoms with Crippen LogP contribution in [-0.2, 0) is 16.4 Å². The van der Waals surface area contributed by atoms with E-state index in [1.807, 2.05) is 6.07 Å². The Morgan fingerprint density at radius 1 is 1.17 bits per heavy atom. The predicted octanol–water partition coefficient (Wildman–Crippen LogP) is 2.29. The maximum absolute atomic E-state index is 12.2. The third kappa shape index (κ3) is 3.30. The summed E-state index contributed by atoms with van der Waals surface area (Å²) in [5, 5.41) is 2.82. The molecular weight excluding hydrogens is 326 g/mol. The molecule has 0 unspecified atom stereocenters. The van der Waals surface area contributed by atoms with E-state index in [2.05, 4.69) is 15.3 Å².